The van der Waals surface area contributed by atoms with Gasteiger partial charge in [-0.2, -0.15) is 0 Å². The minimum atomic E-state index is -0.951. The lowest BCUT2D eigenvalue weighted by molar-refractivity contribution is -0.384. The number of aliphatic carboxylic acids is 1. The predicted octanol–water partition coefficient (Wildman–Crippen LogP) is 4.49. The molecule has 2 N–H and O–H groups in total. The Kier molecular flexibility index (Phi) is 5.41. The Labute approximate surface area is 146 Å². The van der Waals surface area contributed by atoms with E-state index >= 15 is 0 Å². The lowest BCUT2D eigenvalue weighted by Crippen LogP contribution is -2.37. The zero-order chi connectivity index (χ0) is 18.6. The summed E-state index contributed by atoms with van der Waals surface area (Å²) in [5, 5.41) is 24.2. The fourth-order valence-corrected chi connectivity index (χ4v) is 2.95. The summed E-state index contributed by atoms with van der Waals surface area (Å²) in [4.78, 5) is 22.8. The van der Waals surface area contributed by atoms with E-state index in [9.17, 15) is 20.0 Å². The Hall–Kier alpha value is -2.89. The van der Waals surface area contributed by atoms with Crippen molar-refractivity contribution in [3.8, 4) is 0 Å². The number of hydrogen-bond acceptors (Lipinski definition) is 4. The van der Waals surface area contributed by atoms with Gasteiger partial charge in [0, 0.05) is 6.07 Å². The third-order valence-electron chi connectivity index (χ3n) is 4.10. The molecule has 0 saturated carbocycles. The second-order valence-corrected chi connectivity index (χ2v) is 6.99. The van der Waals surface area contributed by atoms with Crippen molar-refractivity contribution < 1.29 is 14.8 Å². The monoisotopic (exact) mass is 342 g/mol. The number of rotatable bonds is 6. The highest BCUT2D eigenvalue weighted by molar-refractivity contribution is 5.74. The summed E-state index contributed by atoms with van der Waals surface area (Å²) < 4.78 is 0. The van der Waals surface area contributed by atoms with E-state index in [2.05, 4.69) is 5.32 Å². The summed E-state index contributed by atoms with van der Waals surface area (Å²) in [6.45, 7) is 5.55. The van der Waals surface area contributed by atoms with Crippen molar-refractivity contribution in [1.29, 1.82) is 0 Å². The summed E-state index contributed by atoms with van der Waals surface area (Å²) in [5.41, 5.74) is 0.435. The Morgan fingerprint density at radius 3 is 2.16 bits per heavy atom. The highest BCUT2D eigenvalue weighted by atomic mass is 16.6. The van der Waals surface area contributed by atoms with Gasteiger partial charge < -0.3 is 10.4 Å². The van der Waals surface area contributed by atoms with Crippen molar-refractivity contribution in [1.82, 2.24) is 0 Å². The number of carboxylic acids is 1. The van der Waals surface area contributed by atoms with E-state index in [0.717, 1.165) is 5.56 Å². The van der Waals surface area contributed by atoms with Crippen molar-refractivity contribution in [2.45, 2.75) is 26.8 Å². The van der Waals surface area contributed by atoms with Crippen molar-refractivity contribution in [2.24, 2.45) is 11.3 Å². The lowest BCUT2D eigenvalue weighted by Gasteiger charge is -2.35. The molecule has 0 aliphatic carbocycles. The van der Waals surface area contributed by atoms with Crippen molar-refractivity contribution >= 4 is 17.3 Å². The molecule has 0 aliphatic rings. The van der Waals surface area contributed by atoms with Crippen LogP contribution in [-0.2, 0) is 4.79 Å². The molecule has 2 aromatic rings. The number of nitro groups is 1. The second kappa shape index (κ2) is 7.34. The fourth-order valence-electron chi connectivity index (χ4n) is 2.95. The van der Waals surface area contributed by atoms with Crippen LogP contribution in [0.25, 0.3) is 0 Å². The summed E-state index contributed by atoms with van der Waals surface area (Å²) >= 11 is 0. The van der Waals surface area contributed by atoms with Crippen LogP contribution in [0.1, 0.15) is 32.4 Å². The maximum atomic E-state index is 12.0. The second-order valence-electron chi connectivity index (χ2n) is 6.99. The summed E-state index contributed by atoms with van der Waals surface area (Å²) in [6, 6.07) is 14.8. The molecule has 2 aromatic carbocycles. The van der Waals surface area contributed by atoms with Gasteiger partial charge in [0.1, 0.15) is 5.69 Å². The molecular formula is C19H22N2O4. The van der Waals surface area contributed by atoms with Crippen molar-refractivity contribution in [3.05, 3.63) is 70.3 Å². The highest BCUT2D eigenvalue weighted by Crippen LogP contribution is 2.40. The molecule has 0 radical (unpaired) electrons. The molecule has 0 spiro atoms. The number of nitrogens with zero attached hydrogens (tertiary/aromatic N) is 1. The van der Waals surface area contributed by atoms with Gasteiger partial charge in [-0.15, -0.1) is 0 Å². The van der Waals surface area contributed by atoms with Gasteiger partial charge in [0.2, 0.25) is 0 Å². The molecule has 0 amide bonds. The van der Waals surface area contributed by atoms with Crippen LogP contribution in [0.5, 0.6) is 0 Å². The summed E-state index contributed by atoms with van der Waals surface area (Å²) in [5.74, 6) is -1.73. The molecule has 0 saturated heterocycles. The van der Waals surface area contributed by atoms with E-state index in [4.69, 9.17) is 0 Å². The van der Waals surface area contributed by atoms with Gasteiger partial charge in [0.05, 0.1) is 16.9 Å². The topological polar surface area (TPSA) is 92.5 Å². The molecule has 1 unspecified atom stereocenters. The van der Waals surface area contributed by atoms with Gasteiger partial charge in [0.15, 0.2) is 0 Å². The Morgan fingerprint density at radius 1 is 1.08 bits per heavy atom. The van der Waals surface area contributed by atoms with Gasteiger partial charge in [-0.3, -0.25) is 14.9 Å². The normalized spacial score (nSPS) is 13.7. The maximum absolute atomic E-state index is 12.0. The molecule has 2 rings (SSSR count). The van der Waals surface area contributed by atoms with Crippen molar-refractivity contribution in [3.63, 3.8) is 0 Å². The van der Waals surface area contributed by atoms with E-state index < -0.39 is 28.3 Å². The molecular weight excluding hydrogens is 320 g/mol. The minimum absolute atomic E-state index is 0.0820. The van der Waals surface area contributed by atoms with Gasteiger partial charge >= 0.3 is 5.97 Å². The van der Waals surface area contributed by atoms with Gasteiger partial charge in [0.25, 0.3) is 5.69 Å². The first-order chi connectivity index (χ1) is 11.7. The third kappa shape index (κ3) is 4.35. The summed E-state index contributed by atoms with van der Waals surface area (Å²) in [7, 11) is 0. The minimum Gasteiger partial charge on any atom is -0.481 e. The van der Waals surface area contributed by atoms with Crippen LogP contribution in [0.2, 0.25) is 0 Å². The zero-order valence-electron chi connectivity index (χ0n) is 14.5. The smallest absolute Gasteiger partial charge is 0.309 e. The van der Waals surface area contributed by atoms with Crippen LogP contribution in [0, 0.1) is 21.4 Å². The van der Waals surface area contributed by atoms with Crippen LogP contribution >= 0.6 is 0 Å². The first-order valence-corrected chi connectivity index (χ1v) is 7.99. The third-order valence-corrected chi connectivity index (χ3v) is 4.10. The largest absolute Gasteiger partial charge is 0.481 e. The molecule has 6 heteroatoms. The van der Waals surface area contributed by atoms with Crippen LogP contribution in [0.3, 0.4) is 0 Å². The quantitative estimate of drug-likeness (QED) is 0.596. The van der Waals surface area contributed by atoms with Gasteiger partial charge in [-0.1, -0.05) is 63.2 Å². The highest BCUT2D eigenvalue weighted by Gasteiger charge is 2.39. The Bertz CT molecular complexity index is 754. The Balaban J connectivity index is 2.54. The van der Waals surface area contributed by atoms with Crippen LogP contribution in [0.4, 0.5) is 11.4 Å². The van der Waals surface area contributed by atoms with E-state index in [1.807, 2.05) is 51.1 Å². The molecule has 0 aliphatic heterocycles. The Morgan fingerprint density at radius 2 is 1.64 bits per heavy atom. The molecule has 0 aromatic heterocycles. The first-order valence-electron chi connectivity index (χ1n) is 7.99. The number of carboxylic acid groups (broad SMARTS) is 1. The molecule has 25 heavy (non-hydrogen) atoms. The number of para-hydroxylation sites is 2. The maximum Gasteiger partial charge on any atom is 0.309 e. The summed E-state index contributed by atoms with van der Waals surface area (Å²) in [6.07, 6.45) is 0. The van der Waals surface area contributed by atoms with E-state index in [1.54, 1.807) is 18.2 Å². The van der Waals surface area contributed by atoms with Gasteiger partial charge in [-0.25, -0.2) is 0 Å². The van der Waals surface area contributed by atoms with Crippen LogP contribution in [-0.4, -0.2) is 16.0 Å². The number of nitro benzene ring substituents is 1. The van der Waals surface area contributed by atoms with E-state index in [1.165, 1.54) is 6.07 Å². The molecule has 0 heterocycles. The predicted molar refractivity (Wildman–Crippen MR) is 96.5 cm³/mol. The average molecular weight is 342 g/mol. The van der Waals surface area contributed by atoms with Crippen molar-refractivity contribution in [2.75, 3.05) is 5.32 Å². The number of anilines is 1. The first kappa shape index (κ1) is 18.4. The molecule has 2 atom stereocenters. The number of nitrogens with one attached hydrogen (secondary N) is 1. The number of hydrogen-bond donors (Lipinski definition) is 2. The zero-order valence-corrected chi connectivity index (χ0v) is 14.5. The standard InChI is InChI=1S/C19H22N2O4/c1-19(2,3)16(18(22)23)17(13-9-5-4-6-10-13)20-14-11-7-8-12-15(14)21(24)25/h4-12,16-17,20H,1-3H3,(H,22,23)/t16?,17-/m0/s1. The average Bonchev–Trinajstić information content (AvgIpc) is 2.53. The lowest BCUT2D eigenvalue weighted by atomic mass is 9.74. The molecule has 0 bridgehead atoms. The number of benzene rings is 2. The molecule has 6 nitrogen and oxygen atoms in total. The van der Waals surface area contributed by atoms with Gasteiger partial charge in [-0.05, 0) is 17.0 Å². The fraction of sp³-hybridized carbons (Fsp3) is 0.316. The van der Waals surface area contributed by atoms with E-state index in [0.29, 0.717) is 5.69 Å². The SMILES string of the molecule is CC(C)(C)C(C(=O)O)[C@@H](Nc1ccccc1[N+](=O)[O-])c1ccccc1. The number of carbonyl (C=O) groups is 1. The van der Waals surface area contributed by atoms with Crippen LogP contribution in [0.15, 0.2) is 54.6 Å². The van der Waals surface area contributed by atoms with Crippen LogP contribution < -0.4 is 5.32 Å². The molecule has 132 valence electrons. The van der Waals surface area contributed by atoms with E-state index in [-0.39, 0.29) is 5.69 Å². The molecule has 0 fully saturated rings.